The Balaban J connectivity index is 2.23. The second-order valence-corrected chi connectivity index (χ2v) is 5.59. The third-order valence-electron chi connectivity index (χ3n) is 2.24. The van der Waals surface area contributed by atoms with Crippen LogP contribution in [0.2, 0.25) is 0 Å². The average molecular weight is 276 g/mol. The molecule has 0 aromatic carbocycles. The minimum absolute atomic E-state index is 0.777. The van der Waals surface area contributed by atoms with Crippen LogP contribution in [0.5, 0.6) is 0 Å². The van der Waals surface area contributed by atoms with E-state index in [1.54, 1.807) is 0 Å². The highest BCUT2D eigenvalue weighted by Crippen LogP contribution is 2.23. The van der Waals surface area contributed by atoms with Crippen molar-refractivity contribution in [2.75, 3.05) is 13.1 Å². The van der Waals surface area contributed by atoms with Gasteiger partial charge >= 0.3 is 0 Å². The van der Waals surface area contributed by atoms with Gasteiger partial charge in [-0.05, 0) is 53.8 Å². The summed E-state index contributed by atoms with van der Waals surface area (Å²) in [5.74, 6) is 0.777. The number of thiophene rings is 1. The molecule has 0 spiro atoms. The molecule has 0 aliphatic carbocycles. The van der Waals surface area contributed by atoms with Gasteiger partial charge in [-0.2, -0.15) is 0 Å². The van der Waals surface area contributed by atoms with Crippen molar-refractivity contribution in [3.63, 3.8) is 0 Å². The molecule has 0 radical (unpaired) electrons. The topological polar surface area (TPSA) is 12.0 Å². The summed E-state index contributed by atoms with van der Waals surface area (Å²) in [6.45, 7) is 6.70. The van der Waals surface area contributed by atoms with Gasteiger partial charge in [-0.25, -0.2) is 0 Å². The first-order valence-electron chi connectivity index (χ1n) is 5.16. The molecule has 1 unspecified atom stereocenters. The normalized spacial score (nSPS) is 13.1. The third kappa shape index (κ3) is 4.58. The predicted octanol–water partition coefficient (Wildman–Crippen LogP) is 3.69. The molecule has 80 valence electrons. The Morgan fingerprint density at radius 1 is 1.57 bits per heavy atom. The Morgan fingerprint density at radius 3 is 2.93 bits per heavy atom. The Hall–Kier alpha value is 0.140. The van der Waals surface area contributed by atoms with E-state index in [9.17, 15) is 0 Å². The molecule has 1 N–H and O–H groups in total. The minimum Gasteiger partial charge on any atom is -0.317 e. The van der Waals surface area contributed by atoms with Crippen LogP contribution in [0.3, 0.4) is 0 Å². The summed E-state index contributed by atoms with van der Waals surface area (Å²) in [7, 11) is 0. The lowest BCUT2D eigenvalue weighted by molar-refractivity contribution is 0.507. The first-order chi connectivity index (χ1) is 6.72. The Bertz CT molecular complexity index is 260. The summed E-state index contributed by atoms with van der Waals surface area (Å²) in [4.78, 5) is 1.49. The quantitative estimate of drug-likeness (QED) is 0.781. The van der Waals surface area contributed by atoms with Crippen LogP contribution in [-0.2, 0) is 6.42 Å². The molecule has 3 heteroatoms. The zero-order valence-electron chi connectivity index (χ0n) is 8.85. The van der Waals surface area contributed by atoms with Gasteiger partial charge in [0, 0.05) is 14.7 Å². The molecule has 0 saturated carbocycles. The van der Waals surface area contributed by atoms with Crippen LogP contribution in [0.15, 0.2) is 15.9 Å². The largest absolute Gasteiger partial charge is 0.317 e. The van der Waals surface area contributed by atoms with E-state index in [1.807, 2.05) is 11.3 Å². The van der Waals surface area contributed by atoms with Crippen LogP contribution in [-0.4, -0.2) is 13.1 Å². The third-order valence-corrected chi connectivity index (χ3v) is 3.96. The van der Waals surface area contributed by atoms with Crippen molar-refractivity contribution in [1.82, 2.24) is 5.32 Å². The van der Waals surface area contributed by atoms with Crippen LogP contribution >= 0.6 is 27.3 Å². The first-order valence-corrected chi connectivity index (χ1v) is 6.83. The Labute approximate surface area is 99.0 Å². The van der Waals surface area contributed by atoms with E-state index in [0.29, 0.717) is 0 Å². The molecule has 0 saturated heterocycles. The fourth-order valence-corrected chi connectivity index (χ4v) is 3.05. The van der Waals surface area contributed by atoms with Crippen molar-refractivity contribution in [1.29, 1.82) is 0 Å². The number of halogens is 1. The SMILES string of the molecule is CCNCCC(C)Cc1cc(Br)cs1. The molecule has 1 aromatic rings. The zero-order valence-corrected chi connectivity index (χ0v) is 11.2. The van der Waals surface area contributed by atoms with Crippen LogP contribution in [0.1, 0.15) is 25.1 Å². The van der Waals surface area contributed by atoms with E-state index in [2.05, 4.69) is 46.5 Å². The molecule has 0 aliphatic rings. The van der Waals surface area contributed by atoms with Gasteiger partial charge < -0.3 is 5.32 Å². The number of nitrogens with one attached hydrogen (secondary N) is 1. The maximum absolute atomic E-state index is 3.48. The maximum Gasteiger partial charge on any atom is 0.0285 e. The lowest BCUT2D eigenvalue weighted by Gasteiger charge is -2.09. The second-order valence-electron chi connectivity index (χ2n) is 3.68. The van der Waals surface area contributed by atoms with Crippen molar-refractivity contribution in [2.24, 2.45) is 5.92 Å². The maximum atomic E-state index is 3.48. The first kappa shape index (κ1) is 12.2. The summed E-state index contributed by atoms with van der Waals surface area (Å²) in [5, 5.41) is 5.52. The molecule has 0 bridgehead atoms. The molecule has 14 heavy (non-hydrogen) atoms. The summed E-state index contributed by atoms with van der Waals surface area (Å²) in [6.07, 6.45) is 2.48. The standard InChI is InChI=1S/C11H18BrNS/c1-3-13-5-4-9(2)6-11-7-10(12)8-14-11/h7-9,13H,3-6H2,1-2H3. The lowest BCUT2D eigenvalue weighted by Crippen LogP contribution is -2.17. The van der Waals surface area contributed by atoms with E-state index in [0.717, 1.165) is 19.0 Å². The van der Waals surface area contributed by atoms with Gasteiger partial charge in [-0.15, -0.1) is 11.3 Å². The average Bonchev–Trinajstić information content (AvgIpc) is 2.52. The lowest BCUT2D eigenvalue weighted by atomic mass is 10.0. The highest BCUT2D eigenvalue weighted by atomic mass is 79.9. The summed E-state index contributed by atoms with van der Waals surface area (Å²) >= 11 is 5.33. The van der Waals surface area contributed by atoms with Gasteiger partial charge in [-0.3, -0.25) is 0 Å². The molecule has 1 atom stereocenters. The minimum atomic E-state index is 0.777. The predicted molar refractivity (Wildman–Crippen MR) is 68.0 cm³/mol. The van der Waals surface area contributed by atoms with Gasteiger partial charge in [-0.1, -0.05) is 13.8 Å². The van der Waals surface area contributed by atoms with E-state index < -0.39 is 0 Å². The van der Waals surface area contributed by atoms with Crippen molar-refractivity contribution in [2.45, 2.75) is 26.7 Å². The van der Waals surface area contributed by atoms with E-state index in [1.165, 1.54) is 22.2 Å². The van der Waals surface area contributed by atoms with Gasteiger partial charge in [0.2, 0.25) is 0 Å². The second kappa shape index (κ2) is 6.59. The Morgan fingerprint density at radius 2 is 2.36 bits per heavy atom. The van der Waals surface area contributed by atoms with E-state index in [4.69, 9.17) is 0 Å². The molecule has 0 amide bonds. The van der Waals surface area contributed by atoms with Gasteiger partial charge in [0.15, 0.2) is 0 Å². The number of rotatable bonds is 6. The zero-order chi connectivity index (χ0) is 10.4. The molecule has 0 fully saturated rings. The molecule has 1 aromatic heterocycles. The van der Waals surface area contributed by atoms with Crippen molar-refractivity contribution in [3.05, 3.63) is 20.8 Å². The molecule has 1 heterocycles. The Kier molecular flexibility index (Phi) is 5.75. The fourth-order valence-electron chi connectivity index (χ4n) is 1.43. The van der Waals surface area contributed by atoms with Crippen LogP contribution in [0, 0.1) is 5.92 Å². The summed E-state index contributed by atoms with van der Waals surface area (Å²) in [6, 6.07) is 2.23. The fraction of sp³-hybridized carbons (Fsp3) is 0.636. The van der Waals surface area contributed by atoms with Gasteiger partial charge in [0.1, 0.15) is 0 Å². The highest BCUT2D eigenvalue weighted by Gasteiger charge is 2.05. The van der Waals surface area contributed by atoms with Crippen LogP contribution < -0.4 is 5.32 Å². The molecular weight excluding hydrogens is 258 g/mol. The summed E-state index contributed by atoms with van der Waals surface area (Å²) < 4.78 is 1.22. The highest BCUT2D eigenvalue weighted by molar-refractivity contribution is 9.10. The van der Waals surface area contributed by atoms with E-state index in [-0.39, 0.29) is 0 Å². The molecule has 1 nitrogen and oxygen atoms in total. The van der Waals surface area contributed by atoms with Crippen molar-refractivity contribution < 1.29 is 0 Å². The van der Waals surface area contributed by atoms with Crippen LogP contribution in [0.25, 0.3) is 0 Å². The van der Waals surface area contributed by atoms with Crippen molar-refractivity contribution >= 4 is 27.3 Å². The number of hydrogen-bond donors (Lipinski definition) is 1. The molecule has 0 aliphatic heterocycles. The van der Waals surface area contributed by atoms with Gasteiger partial charge in [0.25, 0.3) is 0 Å². The molecular formula is C11H18BrNS. The summed E-state index contributed by atoms with van der Waals surface area (Å²) in [5.41, 5.74) is 0. The van der Waals surface area contributed by atoms with E-state index >= 15 is 0 Å². The van der Waals surface area contributed by atoms with Crippen LogP contribution in [0.4, 0.5) is 0 Å². The monoisotopic (exact) mass is 275 g/mol. The van der Waals surface area contributed by atoms with Gasteiger partial charge in [0.05, 0.1) is 0 Å². The number of hydrogen-bond acceptors (Lipinski definition) is 2. The van der Waals surface area contributed by atoms with Crippen molar-refractivity contribution in [3.8, 4) is 0 Å². The smallest absolute Gasteiger partial charge is 0.0285 e. The molecule has 1 rings (SSSR count).